The quantitative estimate of drug-likeness (QED) is 0.623. The van der Waals surface area contributed by atoms with E-state index >= 15 is 0 Å². The SMILES string of the molecule is O=C(O)CNC(=O)CCn1cncn1. The first kappa shape index (κ1) is 10.2. The minimum atomic E-state index is -1.06. The lowest BCUT2D eigenvalue weighted by Gasteiger charge is -2.01. The third kappa shape index (κ3) is 3.65. The van der Waals surface area contributed by atoms with Gasteiger partial charge in [0.1, 0.15) is 19.2 Å². The van der Waals surface area contributed by atoms with Gasteiger partial charge in [-0.25, -0.2) is 4.98 Å². The van der Waals surface area contributed by atoms with Crippen molar-refractivity contribution in [3.63, 3.8) is 0 Å². The Balaban J connectivity index is 2.18. The third-order valence-electron chi connectivity index (χ3n) is 1.47. The molecule has 0 aliphatic carbocycles. The van der Waals surface area contributed by atoms with E-state index in [-0.39, 0.29) is 18.9 Å². The first-order chi connectivity index (χ1) is 6.68. The fraction of sp³-hybridized carbons (Fsp3) is 0.429. The van der Waals surface area contributed by atoms with E-state index in [4.69, 9.17) is 5.11 Å². The number of carboxylic acid groups (broad SMARTS) is 1. The van der Waals surface area contributed by atoms with Crippen LogP contribution in [0.25, 0.3) is 0 Å². The maximum Gasteiger partial charge on any atom is 0.322 e. The number of nitrogens with zero attached hydrogens (tertiary/aromatic N) is 3. The zero-order chi connectivity index (χ0) is 10.4. The summed E-state index contributed by atoms with van der Waals surface area (Å²) in [6, 6.07) is 0. The predicted octanol–water partition coefficient (Wildman–Crippen LogP) is -1.13. The van der Waals surface area contributed by atoms with Crippen LogP contribution in [0, 0.1) is 0 Å². The first-order valence-corrected chi connectivity index (χ1v) is 3.99. The number of carboxylic acids is 1. The monoisotopic (exact) mass is 198 g/mol. The van der Waals surface area contributed by atoms with Gasteiger partial charge in [0.25, 0.3) is 0 Å². The molecular formula is C7H10N4O3. The molecule has 7 heteroatoms. The Morgan fingerprint density at radius 1 is 1.50 bits per heavy atom. The molecule has 1 rings (SSSR count). The van der Waals surface area contributed by atoms with Crippen molar-refractivity contribution in [3.8, 4) is 0 Å². The van der Waals surface area contributed by atoms with Crippen molar-refractivity contribution >= 4 is 11.9 Å². The molecule has 1 aromatic rings. The maximum absolute atomic E-state index is 11.0. The fourth-order valence-corrected chi connectivity index (χ4v) is 0.827. The summed E-state index contributed by atoms with van der Waals surface area (Å²) in [5.74, 6) is -1.37. The minimum absolute atomic E-state index is 0.191. The van der Waals surface area contributed by atoms with Crippen molar-refractivity contribution in [2.45, 2.75) is 13.0 Å². The largest absolute Gasteiger partial charge is 0.480 e. The van der Waals surface area contributed by atoms with Crippen LogP contribution in [-0.4, -0.2) is 38.3 Å². The second-order valence-electron chi connectivity index (χ2n) is 2.58. The molecule has 76 valence electrons. The minimum Gasteiger partial charge on any atom is -0.480 e. The molecular weight excluding hydrogens is 188 g/mol. The van der Waals surface area contributed by atoms with Crippen LogP contribution in [0.2, 0.25) is 0 Å². The average Bonchev–Trinajstić information content (AvgIpc) is 2.63. The lowest BCUT2D eigenvalue weighted by Crippen LogP contribution is -2.29. The van der Waals surface area contributed by atoms with Crippen molar-refractivity contribution in [2.75, 3.05) is 6.54 Å². The van der Waals surface area contributed by atoms with Gasteiger partial charge >= 0.3 is 5.97 Å². The van der Waals surface area contributed by atoms with Gasteiger partial charge in [-0.1, -0.05) is 0 Å². The van der Waals surface area contributed by atoms with Crippen molar-refractivity contribution < 1.29 is 14.7 Å². The summed E-state index contributed by atoms with van der Waals surface area (Å²) in [7, 11) is 0. The Labute approximate surface area is 79.8 Å². The third-order valence-corrected chi connectivity index (χ3v) is 1.47. The highest BCUT2D eigenvalue weighted by Crippen LogP contribution is 1.86. The van der Waals surface area contributed by atoms with Crippen LogP contribution >= 0.6 is 0 Å². The van der Waals surface area contributed by atoms with Gasteiger partial charge in [-0.05, 0) is 0 Å². The van der Waals surface area contributed by atoms with Crippen LogP contribution in [-0.2, 0) is 16.1 Å². The van der Waals surface area contributed by atoms with Gasteiger partial charge in [0.15, 0.2) is 0 Å². The number of nitrogens with one attached hydrogen (secondary N) is 1. The average molecular weight is 198 g/mol. The lowest BCUT2D eigenvalue weighted by molar-refractivity contribution is -0.138. The molecule has 0 fully saturated rings. The summed E-state index contributed by atoms with van der Waals surface area (Å²) < 4.78 is 1.50. The van der Waals surface area contributed by atoms with Crippen molar-refractivity contribution in [2.24, 2.45) is 0 Å². The maximum atomic E-state index is 11.0. The van der Waals surface area contributed by atoms with E-state index in [9.17, 15) is 9.59 Å². The number of hydrogen-bond acceptors (Lipinski definition) is 4. The van der Waals surface area contributed by atoms with Crippen molar-refractivity contribution in [3.05, 3.63) is 12.7 Å². The van der Waals surface area contributed by atoms with Crippen molar-refractivity contribution in [1.82, 2.24) is 20.1 Å². The summed E-state index contributed by atoms with van der Waals surface area (Å²) in [5, 5.41) is 14.3. The van der Waals surface area contributed by atoms with Gasteiger partial charge in [-0.15, -0.1) is 0 Å². The number of carbonyl (C=O) groups is 2. The first-order valence-electron chi connectivity index (χ1n) is 3.99. The molecule has 0 atom stereocenters. The smallest absolute Gasteiger partial charge is 0.322 e. The lowest BCUT2D eigenvalue weighted by atomic mass is 10.4. The van der Waals surface area contributed by atoms with Crippen LogP contribution in [0.1, 0.15) is 6.42 Å². The summed E-state index contributed by atoms with van der Waals surface area (Å²) in [6.45, 7) is 0.0433. The van der Waals surface area contributed by atoms with Crippen LogP contribution in [0.5, 0.6) is 0 Å². The summed E-state index contributed by atoms with van der Waals surface area (Å²) in [5.41, 5.74) is 0. The second kappa shape index (κ2) is 4.95. The van der Waals surface area contributed by atoms with Gasteiger partial charge in [0.05, 0.1) is 6.54 Å². The highest BCUT2D eigenvalue weighted by Gasteiger charge is 2.03. The fourth-order valence-electron chi connectivity index (χ4n) is 0.827. The standard InChI is InChI=1S/C7H10N4O3/c12-6(9-3-7(13)14)1-2-11-5-8-4-10-11/h4-5H,1-3H2,(H,9,12)(H,13,14). The van der Waals surface area contributed by atoms with Crippen LogP contribution in [0.15, 0.2) is 12.7 Å². The predicted molar refractivity (Wildman–Crippen MR) is 45.3 cm³/mol. The van der Waals surface area contributed by atoms with Gasteiger partial charge in [0, 0.05) is 6.42 Å². The van der Waals surface area contributed by atoms with E-state index in [1.807, 2.05) is 0 Å². The topological polar surface area (TPSA) is 97.1 Å². The van der Waals surface area contributed by atoms with Crippen LogP contribution in [0.3, 0.4) is 0 Å². The zero-order valence-electron chi connectivity index (χ0n) is 7.38. The molecule has 0 aromatic carbocycles. The Morgan fingerprint density at radius 2 is 2.29 bits per heavy atom. The van der Waals surface area contributed by atoms with E-state index in [0.717, 1.165) is 0 Å². The number of carbonyl (C=O) groups excluding carboxylic acids is 1. The summed E-state index contributed by atoms with van der Waals surface area (Å²) in [6.07, 6.45) is 3.05. The number of hydrogen-bond donors (Lipinski definition) is 2. The Bertz CT molecular complexity index is 309. The van der Waals surface area contributed by atoms with E-state index in [1.54, 1.807) is 0 Å². The summed E-state index contributed by atoms with van der Waals surface area (Å²) in [4.78, 5) is 24.8. The number of amides is 1. The molecule has 0 saturated heterocycles. The molecule has 7 nitrogen and oxygen atoms in total. The molecule has 1 amide bonds. The second-order valence-corrected chi connectivity index (χ2v) is 2.58. The Hall–Kier alpha value is -1.92. The highest BCUT2D eigenvalue weighted by atomic mass is 16.4. The van der Waals surface area contributed by atoms with Crippen LogP contribution < -0.4 is 5.32 Å². The summed E-state index contributed by atoms with van der Waals surface area (Å²) >= 11 is 0. The molecule has 0 radical (unpaired) electrons. The molecule has 0 saturated carbocycles. The van der Waals surface area contributed by atoms with Crippen molar-refractivity contribution in [1.29, 1.82) is 0 Å². The number of rotatable bonds is 5. The van der Waals surface area contributed by atoms with Gasteiger partial charge in [-0.2, -0.15) is 5.10 Å². The molecule has 1 heterocycles. The van der Waals surface area contributed by atoms with Crippen LogP contribution in [0.4, 0.5) is 0 Å². The molecule has 0 aliphatic heterocycles. The number of aryl methyl sites for hydroxylation is 1. The highest BCUT2D eigenvalue weighted by molar-refractivity contribution is 5.80. The molecule has 0 spiro atoms. The Morgan fingerprint density at radius 3 is 2.86 bits per heavy atom. The molecule has 1 aromatic heterocycles. The molecule has 2 N–H and O–H groups in total. The normalized spacial score (nSPS) is 9.71. The van der Waals surface area contributed by atoms with E-state index < -0.39 is 5.97 Å². The van der Waals surface area contributed by atoms with Gasteiger partial charge < -0.3 is 10.4 Å². The molecule has 0 bridgehead atoms. The van der Waals surface area contributed by atoms with Gasteiger partial charge in [0.2, 0.25) is 5.91 Å². The number of aromatic nitrogens is 3. The molecule has 0 unspecified atom stereocenters. The molecule has 0 aliphatic rings. The zero-order valence-corrected chi connectivity index (χ0v) is 7.38. The van der Waals surface area contributed by atoms with E-state index in [0.29, 0.717) is 6.54 Å². The Kier molecular flexibility index (Phi) is 3.59. The van der Waals surface area contributed by atoms with Gasteiger partial charge in [-0.3, -0.25) is 14.3 Å². The molecule has 14 heavy (non-hydrogen) atoms. The number of aliphatic carboxylic acids is 1. The van der Waals surface area contributed by atoms with E-state index in [1.165, 1.54) is 17.3 Å². The van der Waals surface area contributed by atoms with E-state index in [2.05, 4.69) is 15.4 Å².